The molecule has 8 atom stereocenters. The highest BCUT2D eigenvalue weighted by atomic mass is 16.2. The van der Waals surface area contributed by atoms with Crippen molar-refractivity contribution in [3.05, 3.63) is 95.4 Å². The zero-order valence-corrected chi connectivity index (χ0v) is 44.6. The molecule has 76 heavy (non-hydrogen) atoms. The van der Waals surface area contributed by atoms with Gasteiger partial charge in [-0.05, 0) is 117 Å². The number of aromatic nitrogens is 8. The maximum atomic E-state index is 14.3. The van der Waals surface area contributed by atoms with Crippen LogP contribution in [0.4, 0.5) is 0 Å². The number of ketones is 2. The van der Waals surface area contributed by atoms with Gasteiger partial charge in [0.05, 0.1) is 17.1 Å². The van der Waals surface area contributed by atoms with Crippen LogP contribution in [0.5, 0.6) is 0 Å². The number of amides is 4. The lowest BCUT2D eigenvalue weighted by Crippen LogP contribution is -2.51. The number of piperidine rings is 1. The van der Waals surface area contributed by atoms with E-state index in [9.17, 15) is 28.8 Å². The zero-order valence-electron chi connectivity index (χ0n) is 44.6. The van der Waals surface area contributed by atoms with Crippen molar-refractivity contribution < 1.29 is 28.8 Å². The van der Waals surface area contributed by atoms with Gasteiger partial charge in [-0.15, -0.1) is 0 Å². The number of hydrogen-bond acceptors (Lipinski definition) is 12. The van der Waals surface area contributed by atoms with Gasteiger partial charge in [0, 0.05) is 91.5 Å². The summed E-state index contributed by atoms with van der Waals surface area (Å²) in [5, 5.41) is 16.9. The predicted molar refractivity (Wildman–Crippen MR) is 285 cm³/mol. The van der Waals surface area contributed by atoms with Gasteiger partial charge in [-0.1, -0.05) is 45.8 Å². The Bertz CT molecular complexity index is 3420. The molecule has 18 heteroatoms. The van der Waals surface area contributed by atoms with Crippen LogP contribution in [0.1, 0.15) is 123 Å². The normalized spacial score (nSPS) is 24.8. The molecule has 0 bridgehead atoms. The van der Waals surface area contributed by atoms with Crippen molar-refractivity contribution in [2.75, 3.05) is 13.1 Å². The summed E-state index contributed by atoms with van der Waals surface area (Å²) < 4.78 is 3.23. The van der Waals surface area contributed by atoms with E-state index in [0.29, 0.717) is 71.7 Å². The second-order valence-corrected chi connectivity index (χ2v) is 22.8. The smallest absolute Gasteiger partial charge is 0.245 e. The van der Waals surface area contributed by atoms with Crippen molar-refractivity contribution in [2.24, 2.45) is 22.7 Å². The van der Waals surface area contributed by atoms with E-state index in [1.807, 2.05) is 51.1 Å². The quantitative estimate of drug-likeness (QED) is 0.0513. The number of hydrogen-bond donors (Lipinski definition) is 2. The monoisotopic (exact) mass is 1030 g/mol. The summed E-state index contributed by atoms with van der Waals surface area (Å²) in [6.07, 6.45) is 17.7. The molecule has 6 aromatic rings. The maximum absolute atomic E-state index is 14.3. The highest BCUT2D eigenvalue weighted by Crippen LogP contribution is 2.59. The van der Waals surface area contributed by atoms with Crippen LogP contribution in [0.25, 0.3) is 44.1 Å². The Morgan fingerprint density at radius 3 is 1.76 bits per heavy atom. The number of benzene rings is 2. The van der Waals surface area contributed by atoms with Crippen LogP contribution in [0.2, 0.25) is 0 Å². The van der Waals surface area contributed by atoms with Gasteiger partial charge in [0.25, 0.3) is 0 Å². The van der Waals surface area contributed by atoms with E-state index in [4.69, 9.17) is 15.1 Å². The third-order valence-electron chi connectivity index (χ3n) is 17.0. The Morgan fingerprint density at radius 1 is 0.658 bits per heavy atom. The van der Waals surface area contributed by atoms with Crippen molar-refractivity contribution in [3.63, 3.8) is 0 Å². The van der Waals surface area contributed by atoms with E-state index in [1.54, 1.807) is 44.0 Å². The molecule has 394 valence electrons. The lowest BCUT2D eigenvalue weighted by Gasteiger charge is -2.38. The molecule has 4 fully saturated rings. The number of carbonyl (C=O) groups is 6. The molecule has 3 aliphatic carbocycles. The summed E-state index contributed by atoms with van der Waals surface area (Å²) in [7, 11) is 0. The topological polar surface area (TPSA) is 220 Å². The first kappa shape index (κ1) is 50.6. The molecular weight excluding hydrogens is 961 g/mol. The summed E-state index contributed by atoms with van der Waals surface area (Å²) in [5.74, 6) is 0.752. The minimum atomic E-state index is -0.600. The number of nitrogens with one attached hydrogen (secondary N) is 2. The van der Waals surface area contributed by atoms with Gasteiger partial charge < -0.3 is 20.4 Å². The first-order valence-corrected chi connectivity index (χ1v) is 26.9. The molecule has 2 N–H and O–H groups in total. The van der Waals surface area contributed by atoms with E-state index < -0.39 is 12.1 Å². The number of carbonyl (C=O) groups excluding carboxylic acids is 6. The molecule has 6 heterocycles. The molecule has 2 aliphatic heterocycles. The molecular formula is C58H66N12O6. The van der Waals surface area contributed by atoms with Crippen LogP contribution >= 0.6 is 0 Å². The van der Waals surface area contributed by atoms with Gasteiger partial charge in [-0.3, -0.25) is 38.1 Å². The van der Waals surface area contributed by atoms with E-state index >= 15 is 0 Å². The second kappa shape index (κ2) is 19.3. The molecule has 4 amide bonds. The fourth-order valence-corrected chi connectivity index (χ4v) is 12.5. The Hall–Kier alpha value is -7.50. The summed E-state index contributed by atoms with van der Waals surface area (Å²) in [6, 6.07) is 6.39. The minimum Gasteiger partial charge on any atom is -0.354 e. The van der Waals surface area contributed by atoms with E-state index in [2.05, 4.69) is 52.5 Å². The van der Waals surface area contributed by atoms with Gasteiger partial charge in [0.15, 0.2) is 11.6 Å². The fourth-order valence-electron chi connectivity index (χ4n) is 12.5. The Morgan fingerprint density at radius 2 is 1.21 bits per heavy atom. The van der Waals surface area contributed by atoms with Gasteiger partial charge >= 0.3 is 0 Å². The third kappa shape index (κ3) is 9.16. The van der Waals surface area contributed by atoms with Crippen molar-refractivity contribution in [3.8, 4) is 22.3 Å². The van der Waals surface area contributed by atoms with Crippen LogP contribution in [0.15, 0.2) is 61.2 Å². The number of Topliss-reactive ketones (excluding diaryl/α,β-unsaturated/α-hetero) is 2. The van der Waals surface area contributed by atoms with Gasteiger partial charge in [-0.2, -0.15) is 10.2 Å². The van der Waals surface area contributed by atoms with Gasteiger partial charge in [0.1, 0.15) is 48.2 Å². The highest BCUT2D eigenvalue weighted by molar-refractivity contribution is 6.08. The summed E-state index contributed by atoms with van der Waals surface area (Å²) in [6.45, 7) is 15.8. The highest BCUT2D eigenvalue weighted by Gasteiger charge is 2.64. The summed E-state index contributed by atoms with van der Waals surface area (Å²) >= 11 is 0. The number of aryl methyl sites for hydroxylation is 3. The lowest BCUT2D eigenvalue weighted by atomic mass is 9.73. The van der Waals surface area contributed by atoms with E-state index in [-0.39, 0.29) is 88.5 Å². The number of rotatable bonds is 18. The van der Waals surface area contributed by atoms with E-state index in [0.717, 1.165) is 65.5 Å². The molecule has 2 saturated carbocycles. The largest absolute Gasteiger partial charge is 0.354 e. The zero-order chi connectivity index (χ0) is 53.5. The molecule has 0 radical (unpaired) electrons. The number of fused-ring (bicyclic) bond motifs is 4. The van der Waals surface area contributed by atoms with Gasteiger partial charge in [0.2, 0.25) is 23.6 Å². The minimum absolute atomic E-state index is 0.0325. The Labute approximate surface area is 441 Å². The number of likely N-dealkylation sites (tertiary alicyclic amines) is 2. The third-order valence-corrected chi connectivity index (χ3v) is 17.0. The second-order valence-electron chi connectivity index (χ2n) is 22.8. The molecule has 2 saturated heterocycles. The average molecular weight is 1030 g/mol. The Kier molecular flexibility index (Phi) is 12.8. The molecule has 11 rings (SSSR count). The number of unbranched alkanes of at least 4 members (excludes halogenated alkanes) is 2. The van der Waals surface area contributed by atoms with Crippen LogP contribution in [0.3, 0.4) is 0 Å². The molecule has 5 aliphatic rings. The maximum Gasteiger partial charge on any atom is 0.245 e. The van der Waals surface area contributed by atoms with Crippen LogP contribution in [-0.4, -0.2) is 122 Å². The SMILES string of the molecule is CCCCCNC(=O)[C@@H]1C[C@@]2(C)C=C[C@H]2N1C(=O)Cn1nc(C(C)=O)c2cc(-c3cnc(CC4CC4CNC(=O)[C@@H]4C[C@@]5(C)C[C@H]5N4C(=O)Cn4nc(C(C)=O)c5cc(-c6cnc(C)nc6)cc(C)c54)nc3)cc(C)c21. The summed E-state index contributed by atoms with van der Waals surface area (Å²) in [5.41, 5.74) is 6.49. The van der Waals surface area contributed by atoms with Crippen LogP contribution < -0.4 is 10.6 Å². The van der Waals surface area contributed by atoms with Gasteiger partial charge in [-0.25, -0.2) is 19.9 Å². The predicted octanol–water partition coefficient (Wildman–Crippen LogP) is 6.86. The van der Waals surface area contributed by atoms with Crippen molar-refractivity contribution in [1.82, 2.24) is 59.9 Å². The molecule has 0 spiro atoms. The van der Waals surface area contributed by atoms with Crippen molar-refractivity contribution in [2.45, 2.75) is 144 Å². The first-order valence-electron chi connectivity index (χ1n) is 26.9. The lowest BCUT2D eigenvalue weighted by molar-refractivity contribution is -0.140. The summed E-state index contributed by atoms with van der Waals surface area (Å²) in [4.78, 5) is 104. The van der Waals surface area contributed by atoms with Crippen molar-refractivity contribution >= 4 is 57.0 Å². The van der Waals surface area contributed by atoms with Crippen molar-refractivity contribution in [1.29, 1.82) is 0 Å². The fraction of sp³-hybridized carbons (Fsp3) is 0.483. The molecule has 4 aromatic heterocycles. The van der Waals surface area contributed by atoms with Crippen LogP contribution in [0, 0.1) is 43.4 Å². The molecule has 2 unspecified atom stereocenters. The average Bonchev–Trinajstić information content (AvgIpc) is 4.08. The first-order chi connectivity index (χ1) is 36.3. The molecule has 2 aromatic carbocycles. The molecule has 18 nitrogen and oxygen atoms in total. The Balaban J connectivity index is 0.721. The standard InChI is InChI=1S/C58H66N12O6/c1-9-10-11-14-59-55(75)44-21-57(7)13-12-46(57)69(44)49(73)29-67-53-32(3)16-37(19-43(53)52(65-67)34(5)72)41-27-62-48(63-28-41)20-38-17-39(38)24-64-56(76)45-22-58(8)23-47(58)70(45)50(74)30-68-54-31(2)15-36(40-25-60-35(6)61-26-40)18-42(54)51(66-68)33(4)71/h12-13,15-16,18-19,25-28,38-39,44-47H,9-11,14,17,20-24,29-30H2,1-8H3,(H,59,75)(H,64,76)/t38?,39?,44-,45-,46+,47+,57+,58-/m0/s1. The van der Waals surface area contributed by atoms with E-state index in [1.165, 1.54) is 13.8 Å². The van der Waals surface area contributed by atoms with Crippen LogP contribution in [-0.2, 0) is 38.7 Å². The number of nitrogens with zero attached hydrogens (tertiary/aromatic N) is 10.